The van der Waals surface area contributed by atoms with Crippen LogP contribution >= 0.6 is 0 Å². The van der Waals surface area contributed by atoms with Gasteiger partial charge in [-0.2, -0.15) is 0 Å². The van der Waals surface area contributed by atoms with Crippen LogP contribution in [-0.4, -0.2) is 17.6 Å². The van der Waals surface area contributed by atoms with Gasteiger partial charge < -0.3 is 10.4 Å². The molecule has 0 aliphatic heterocycles. The number of nitrogens with one attached hydrogen (secondary N) is 1. The molecule has 2 N–H and O–H groups in total. The Labute approximate surface area is 109 Å². The smallest absolute Gasteiger partial charge is 0.310 e. The van der Waals surface area contributed by atoms with Crippen LogP contribution in [0.5, 0.6) is 0 Å². The molecule has 3 nitrogen and oxygen atoms in total. The number of rotatable bonds is 5. The van der Waals surface area contributed by atoms with E-state index in [2.05, 4.69) is 38.2 Å². The molecule has 3 heteroatoms. The molecule has 0 saturated carbocycles. The second-order valence-electron chi connectivity index (χ2n) is 5.67. The number of hydrogen-bond acceptors (Lipinski definition) is 2. The molecule has 18 heavy (non-hydrogen) atoms. The van der Waals surface area contributed by atoms with Crippen LogP contribution < -0.4 is 5.32 Å². The third-order valence-corrected chi connectivity index (χ3v) is 3.29. The number of aliphatic carboxylic acids is 1. The van der Waals surface area contributed by atoms with Crippen LogP contribution in [0.25, 0.3) is 0 Å². The summed E-state index contributed by atoms with van der Waals surface area (Å²) in [6.07, 6.45) is 0. The van der Waals surface area contributed by atoms with Crippen molar-refractivity contribution in [2.24, 2.45) is 5.41 Å². The monoisotopic (exact) mass is 249 g/mol. The maximum atomic E-state index is 11.0. The number of carboxylic acids is 1. The third-order valence-electron chi connectivity index (χ3n) is 3.29. The Morgan fingerprint density at radius 2 is 1.72 bits per heavy atom. The Morgan fingerprint density at radius 3 is 2.17 bits per heavy atom. The summed E-state index contributed by atoms with van der Waals surface area (Å²) in [7, 11) is 0. The lowest BCUT2D eigenvalue weighted by Crippen LogP contribution is -2.35. The standard InChI is InChI=1S/C15H23NO2/c1-10-6-11(2)13(12(3)7-10)8-16-9-15(4,5)14(17)18/h6-7,16H,8-9H2,1-5H3,(H,17,18). The number of benzene rings is 1. The molecule has 0 fully saturated rings. The van der Waals surface area contributed by atoms with Gasteiger partial charge in [-0.3, -0.25) is 4.79 Å². The Kier molecular flexibility index (Phi) is 4.52. The molecule has 0 saturated heterocycles. The van der Waals surface area contributed by atoms with Crippen molar-refractivity contribution in [1.29, 1.82) is 0 Å². The number of hydrogen-bond donors (Lipinski definition) is 2. The Hall–Kier alpha value is -1.35. The quantitative estimate of drug-likeness (QED) is 0.843. The van der Waals surface area contributed by atoms with Gasteiger partial charge in [-0.25, -0.2) is 0 Å². The summed E-state index contributed by atoms with van der Waals surface area (Å²) in [5.74, 6) is -0.771. The van der Waals surface area contributed by atoms with E-state index in [1.54, 1.807) is 13.8 Å². The zero-order valence-corrected chi connectivity index (χ0v) is 11.9. The first kappa shape index (κ1) is 14.7. The van der Waals surface area contributed by atoms with Gasteiger partial charge in [0.25, 0.3) is 0 Å². The van der Waals surface area contributed by atoms with Gasteiger partial charge in [0.2, 0.25) is 0 Å². The van der Waals surface area contributed by atoms with Crippen LogP contribution in [0.1, 0.15) is 36.1 Å². The van der Waals surface area contributed by atoms with Gasteiger partial charge in [-0.05, 0) is 51.3 Å². The first-order valence-corrected chi connectivity index (χ1v) is 6.25. The molecule has 0 bridgehead atoms. The zero-order chi connectivity index (χ0) is 13.9. The Balaban J connectivity index is 2.68. The van der Waals surface area contributed by atoms with Crippen molar-refractivity contribution in [1.82, 2.24) is 5.32 Å². The second-order valence-corrected chi connectivity index (χ2v) is 5.67. The highest BCUT2D eigenvalue weighted by Crippen LogP contribution is 2.17. The average molecular weight is 249 g/mol. The number of aryl methyl sites for hydroxylation is 3. The first-order chi connectivity index (χ1) is 8.24. The lowest BCUT2D eigenvalue weighted by molar-refractivity contribution is -0.146. The van der Waals surface area contributed by atoms with Crippen LogP contribution in [0.2, 0.25) is 0 Å². The van der Waals surface area contributed by atoms with Gasteiger partial charge in [0, 0.05) is 13.1 Å². The summed E-state index contributed by atoms with van der Waals surface area (Å²) in [6.45, 7) is 10.9. The van der Waals surface area contributed by atoms with Crippen LogP contribution in [-0.2, 0) is 11.3 Å². The van der Waals surface area contributed by atoms with E-state index < -0.39 is 11.4 Å². The van der Waals surface area contributed by atoms with Crippen LogP contribution in [0.15, 0.2) is 12.1 Å². The molecule has 0 aliphatic rings. The average Bonchev–Trinajstić information content (AvgIpc) is 2.21. The molecule has 0 spiro atoms. The molecule has 0 atom stereocenters. The highest BCUT2D eigenvalue weighted by atomic mass is 16.4. The van der Waals surface area contributed by atoms with E-state index in [1.165, 1.54) is 22.3 Å². The summed E-state index contributed by atoms with van der Waals surface area (Å²) in [5, 5.41) is 12.3. The molecular weight excluding hydrogens is 226 g/mol. The van der Waals surface area contributed by atoms with E-state index in [0.717, 1.165) is 0 Å². The van der Waals surface area contributed by atoms with Crippen molar-refractivity contribution in [2.45, 2.75) is 41.2 Å². The fourth-order valence-electron chi connectivity index (χ4n) is 2.06. The minimum atomic E-state index is -0.771. The molecule has 0 unspecified atom stereocenters. The van der Waals surface area contributed by atoms with Gasteiger partial charge in [0.15, 0.2) is 0 Å². The van der Waals surface area contributed by atoms with Gasteiger partial charge in [0.05, 0.1) is 5.41 Å². The van der Waals surface area contributed by atoms with Crippen molar-refractivity contribution in [3.8, 4) is 0 Å². The highest BCUT2D eigenvalue weighted by Gasteiger charge is 2.26. The van der Waals surface area contributed by atoms with E-state index in [1.807, 2.05) is 0 Å². The predicted octanol–water partition coefficient (Wildman–Crippen LogP) is 2.81. The zero-order valence-electron chi connectivity index (χ0n) is 11.9. The first-order valence-electron chi connectivity index (χ1n) is 6.25. The molecule has 100 valence electrons. The summed E-state index contributed by atoms with van der Waals surface area (Å²) < 4.78 is 0. The van der Waals surface area contributed by atoms with Crippen molar-refractivity contribution >= 4 is 5.97 Å². The maximum Gasteiger partial charge on any atom is 0.310 e. The van der Waals surface area contributed by atoms with E-state index >= 15 is 0 Å². The summed E-state index contributed by atoms with van der Waals surface area (Å²) in [4.78, 5) is 11.0. The van der Waals surface area contributed by atoms with Crippen molar-refractivity contribution in [3.63, 3.8) is 0 Å². The SMILES string of the molecule is Cc1cc(C)c(CNCC(C)(C)C(=O)O)c(C)c1. The molecule has 1 aromatic rings. The fourth-order valence-corrected chi connectivity index (χ4v) is 2.06. The second kappa shape index (κ2) is 5.53. The lowest BCUT2D eigenvalue weighted by Gasteiger charge is -2.20. The van der Waals surface area contributed by atoms with Crippen molar-refractivity contribution in [3.05, 3.63) is 34.4 Å². The molecule has 0 aliphatic carbocycles. The summed E-state index contributed by atoms with van der Waals surface area (Å²) >= 11 is 0. The minimum Gasteiger partial charge on any atom is -0.481 e. The number of carboxylic acid groups (broad SMARTS) is 1. The highest BCUT2D eigenvalue weighted by molar-refractivity contribution is 5.73. The molecular formula is C15H23NO2. The molecule has 0 aromatic heterocycles. The largest absolute Gasteiger partial charge is 0.481 e. The minimum absolute atomic E-state index is 0.467. The molecule has 0 heterocycles. The van der Waals surface area contributed by atoms with E-state index in [0.29, 0.717) is 13.1 Å². The molecule has 0 amide bonds. The van der Waals surface area contributed by atoms with E-state index in [4.69, 9.17) is 5.11 Å². The normalized spacial score (nSPS) is 11.6. The lowest BCUT2D eigenvalue weighted by atomic mass is 9.93. The molecule has 1 rings (SSSR count). The third kappa shape index (κ3) is 3.57. The van der Waals surface area contributed by atoms with Crippen molar-refractivity contribution in [2.75, 3.05) is 6.54 Å². The summed E-state index contributed by atoms with van der Waals surface area (Å²) in [5.41, 5.74) is 4.31. The topological polar surface area (TPSA) is 49.3 Å². The predicted molar refractivity (Wildman–Crippen MR) is 73.8 cm³/mol. The van der Waals surface area contributed by atoms with Crippen LogP contribution in [0, 0.1) is 26.2 Å². The summed E-state index contributed by atoms with van der Waals surface area (Å²) in [6, 6.07) is 4.32. The molecule has 0 radical (unpaired) electrons. The number of carbonyl (C=O) groups is 1. The van der Waals surface area contributed by atoms with E-state index in [-0.39, 0.29) is 0 Å². The fraction of sp³-hybridized carbons (Fsp3) is 0.533. The van der Waals surface area contributed by atoms with Crippen molar-refractivity contribution < 1.29 is 9.90 Å². The van der Waals surface area contributed by atoms with Gasteiger partial charge in [-0.15, -0.1) is 0 Å². The van der Waals surface area contributed by atoms with Crippen LogP contribution in [0.4, 0.5) is 0 Å². The van der Waals surface area contributed by atoms with E-state index in [9.17, 15) is 4.79 Å². The molecule has 1 aromatic carbocycles. The Morgan fingerprint density at radius 1 is 1.22 bits per heavy atom. The maximum absolute atomic E-state index is 11.0. The van der Waals surface area contributed by atoms with Gasteiger partial charge in [-0.1, -0.05) is 17.7 Å². The van der Waals surface area contributed by atoms with Gasteiger partial charge >= 0.3 is 5.97 Å². The van der Waals surface area contributed by atoms with Crippen LogP contribution in [0.3, 0.4) is 0 Å². The van der Waals surface area contributed by atoms with Gasteiger partial charge in [0.1, 0.15) is 0 Å². The Bertz CT molecular complexity index is 427.